The van der Waals surface area contributed by atoms with Gasteiger partial charge in [0.15, 0.2) is 0 Å². The van der Waals surface area contributed by atoms with E-state index in [1.165, 1.54) is 9.47 Å². The third kappa shape index (κ3) is 2.95. The minimum absolute atomic E-state index is 0.175. The van der Waals surface area contributed by atoms with E-state index in [0.29, 0.717) is 23.9 Å². The fourth-order valence-corrected chi connectivity index (χ4v) is 3.26. The van der Waals surface area contributed by atoms with E-state index in [4.69, 9.17) is 5.73 Å². The van der Waals surface area contributed by atoms with Gasteiger partial charge in [0.25, 0.3) is 5.56 Å². The molecule has 0 aliphatic carbocycles. The number of primary amides is 1. The van der Waals surface area contributed by atoms with E-state index in [9.17, 15) is 19.2 Å². The highest BCUT2D eigenvalue weighted by Crippen LogP contribution is 2.16. The van der Waals surface area contributed by atoms with Gasteiger partial charge in [-0.2, -0.15) is 0 Å². The predicted molar refractivity (Wildman–Crippen MR) is 92.0 cm³/mol. The number of carbonyl (C=O) groups is 2. The van der Waals surface area contributed by atoms with Crippen molar-refractivity contribution in [3.8, 4) is 0 Å². The van der Waals surface area contributed by atoms with E-state index >= 15 is 0 Å². The van der Waals surface area contributed by atoms with Crippen molar-refractivity contribution in [2.75, 3.05) is 13.1 Å². The summed E-state index contributed by atoms with van der Waals surface area (Å²) >= 11 is 0. The van der Waals surface area contributed by atoms with Crippen LogP contribution in [0.3, 0.4) is 0 Å². The maximum atomic E-state index is 12.6. The summed E-state index contributed by atoms with van der Waals surface area (Å²) in [5.41, 5.74) is 4.86. The van der Waals surface area contributed by atoms with Crippen LogP contribution >= 0.6 is 0 Å². The maximum absolute atomic E-state index is 12.6. The number of nitrogens with zero attached hydrogens (tertiary/aromatic N) is 3. The average molecular weight is 344 g/mol. The number of hydrogen-bond donors (Lipinski definition) is 1. The van der Waals surface area contributed by atoms with Gasteiger partial charge in [0, 0.05) is 19.6 Å². The van der Waals surface area contributed by atoms with Gasteiger partial charge in [0.05, 0.1) is 16.8 Å². The van der Waals surface area contributed by atoms with Crippen molar-refractivity contribution in [3.05, 3.63) is 45.1 Å². The number of likely N-dealkylation sites (tertiary alicyclic amines) is 1. The zero-order valence-corrected chi connectivity index (χ0v) is 14.0. The van der Waals surface area contributed by atoms with Gasteiger partial charge in [-0.3, -0.25) is 23.5 Å². The van der Waals surface area contributed by atoms with Crippen molar-refractivity contribution in [1.82, 2.24) is 14.0 Å². The van der Waals surface area contributed by atoms with Gasteiger partial charge in [-0.05, 0) is 25.5 Å². The second-order valence-electron chi connectivity index (χ2n) is 6.16. The molecule has 0 bridgehead atoms. The van der Waals surface area contributed by atoms with Crippen LogP contribution in [0.2, 0.25) is 0 Å². The summed E-state index contributed by atoms with van der Waals surface area (Å²) in [4.78, 5) is 50.4. The molecule has 1 fully saturated rings. The second-order valence-corrected chi connectivity index (χ2v) is 6.16. The van der Waals surface area contributed by atoms with Crippen LogP contribution in [-0.4, -0.2) is 38.9 Å². The first-order chi connectivity index (χ1) is 11.9. The molecule has 0 radical (unpaired) electrons. The van der Waals surface area contributed by atoms with E-state index in [1.807, 2.05) is 0 Å². The van der Waals surface area contributed by atoms with Crippen molar-refractivity contribution in [1.29, 1.82) is 0 Å². The molecule has 0 spiro atoms. The highest BCUT2D eigenvalue weighted by atomic mass is 16.2. The molecule has 2 amide bonds. The van der Waals surface area contributed by atoms with Crippen molar-refractivity contribution in [3.63, 3.8) is 0 Å². The lowest BCUT2D eigenvalue weighted by Gasteiger charge is -2.18. The monoisotopic (exact) mass is 344 g/mol. The molecule has 1 saturated heterocycles. The van der Waals surface area contributed by atoms with E-state index < -0.39 is 11.6 Å². The Labute approximate surface area is 143 Å². The number of benzene rings is 1. The third-order valence-corrected chi connectivity index (χ3v) is 4.69. The summed E-state index contributed by atoms with van der Waals surface area (Å²) < 4.78 is 2.44. The SMILES string of the molecule is CCn1c(=O)c2ccccc2n(CC(=O)N2CC[C@@H](C(N)=O)C2)c1=O. The zero-order valence-electron chi connectivity index (χ0n) is 14.0. The molecule has 1 aliphatic heterocycles. The van der Waals surface area contributed by atoms with Gasteiger partial charge in [-0.25, -0.2) is 4.79 Å². The first-order valence-corrected chi connectivity index (χ1v) is 8.23. The number of nitrogens with two attached hydrogens (primary N) is 1. The fraction of sp³-hybridized carbons (Fsp3) is 0.412. The minimum atomic E-state index is -0.509. The molecule has 2 aromatic rings. The van der Waals surface area contributed by atoms with E-state index in [-0.39, 0.29) is 37.0 Å². The van der Waals surface area contributed by atoms with Crippen LogP contribution in [-0.2, 0) is 22.7 Å². The second kappa shape index (κ2) is 6.54. The van der Waals surface area contributed by atoms with Gasteiger partial charge in [0.1, 0.15) is 6.54 Å². The lowest BCUT2D eigenvalue weighted by atomic mass is 10.1. The van der Waals surface area contributed by atoms with Crippen molar-refractivity contribution in [2.24, 2.45) is 11.7 Å². The number of para-hydroxylation sites is 1. The van der Waals surface area contributed by atoms with Crippen LogP contribution in [0.5, 0.6) is 0 Å². The number of hydrogen-bond acceptors (Lipinski definition) is 4. The summed E-state index contributed by atoms with van der Waals surface area (Å²) in [6, 6.07) is 6.74. The van der Waals surface area contributed by atoms with Gasteiger partial charge in [0.2, 0.25) is 11.8 Å². The van der Waals surface area contributed by atoms with E-state index in [2.05, 4.69) is 0 Å². The standard InChI is InChI=1S/C17H20N4O4/c1-2-20-16(24)12-5-3-4-6-13(12)21(17(20)25)10-14(22)19-8-7-11(9-19)15(18)23/h3-6,11H,2,7-10H2,1H3,(H2,18,23)/t11-/m1/s1. The average Bonchev–Trinajstić information content (AvgIpc) is 3.09. The number of carbonyl (C=O) groups excluding carboxylic acids is 2. The number of amides is 2. The number of rotatable bonds is 4. The summed E-state index contributed by atoms with van der Waals surface area (Å²) in [7, 11) is 0. The molecule has 8 heteroatoms. The number of fused-ring (bicyclic) bond motifs is 1. The molecule has 2 heterocycles. The van der Waals surface area contributed by atoms with Crippen molar-refractivity contribution >= 4 is 22.7 Å². The molecule has 1 atom stereocenters. The van der Waals surface area contributed by atoms with Gasteiger partial charge >= 0.3 is 5.69 Å². The van der Waals surface area contributed by atoms with Gasteiger partial charge < -0.3 is 10.6 Å². The lowest BCUT2D eigenvalue weighted by molar-refractivity contribution is -0.131. The van der Waals surface area contributed by atoms with E-state index in [1.54, 1.807) is 31.2 Å². The molecular formula is C17H20N4O4. The Hall–Kier alpha value is -2.90. The minimum Gasteiger partial charge on any atom is -0.369 e. The molecule has 1 aliphatic rings. The van der Waals surface area contributed by atoms with Crippen LogP contribution in [0, 0.1) is 5.92 Å². The quantitative estimate of drug-likeness (QED) is 0.808. The zero-order chi connectivity index (χ0) is 18.1. The molecule has 1 aromatic carbocycles. The van der Waals surface area contributed by atoms with Crippen LogP contribution in [0.15, 0.2) is 33.9 Å². The highest BCUT2D eigenvalue weighted by molar-refractivity contribution is 5.83. The van der Waals surface area contributed by atoms with Crippen LogP contribution < -0.4 is 17.0 Å². The summed E-state index contributed by atoms with van der Waals surface area (Å²) in [5.74, 6) is -1.03. The summed E-state index contributed by atoms with van der Waals surface area (Å²) in [5, 5.41) is 0.396. The maximum Gasteiger partial charge on any atom is 0.331 e. The first kappa shape index (κ1) is 16.9. The van der Waals surface area contributed by atoms with Crippen LogP contribution in [0.1, 0.15) is 13.3 Å². The Morgan fingerprint density at radius 1 is 1.20 bits per heavy atom. The lowest BCUT2D eigenvalue weighted by Crippen LogP contribution is -2.43. The molecule has 0 saturated carbocycles. The summed E-state index contributed by atoms with van der Waals surface area (Å²) in [6.07, 6.45) is 0.533. The Balaban J connectivity index is 1.99. The van der Waals surface area contributed by atoms with Crippen molar-refractivity contribution < 1.29 is 9.59 Å². The molecule has 8 nitrogen and oxygen atoms in total. The highest BCUT2D eigenvalue weighted by Gasteiger charge is 2.30. The fourth-order valence-electron chi connectivity index (χ4n) is 3.26. The smallest absolute Gasteiger partial charge is 0.331 e. The molecule has 25 heavy (non-hydrogen) atoms. The van der Waals surface area contributed by atoms with Gasteiger partial charge in [-0.15, -0.1) is 0 Å². The Morgan fingerprint density at radius 3 is 2.56 bits per heavy atom. The first-order valence-electron chi connectivity index (χ1n) is 8.23. The molecule has 3 rings (SSSR count). The largest absolute Gasteiger partial charge is 0.369 e. The predicted octanol–water partition coefficient (Wildman–Crippen LogP) is -0.483. The Kier molecular flexibility index (Phi) is 4.43. The molecular weight excluding hydrogens is 324 g/mol. The molecule has 2 N–H and O–H groups in total. The summed E-state index contributed by atoms with van der Waals surface area (Å²) in [6.45, 7) is 2.47. The molecule has 132 valence electrons. The Bertz CT molecular complexity index is 959. The molecule has 0 unspecified atom stereocenters. The van der Waals surface area contributed by atoms with E-state index in [0.717, 1.165) is 4.57 Å². The number of aromatic nitrogens is 2. The van der Waals surface area contributed by atoms with Crippen LogP contribution in [0.25, 0.3) is 10.9 Å². The van der Waals surface area contributed by atoms with Crippen LogP contribution in [0.4, 0.5) is 0 Å². The normalized spacial score (nSPS) is 17.2. The molecule has 1 aromatic heterocycles. The third-order valence-electron chi connectivity index (χ3n) is 4.69. The van der Waals surface area contributed by atoms with Crippen molar-refractivity contribution in [2.45, 2.75) is 26.4 Å². The Morgan fingerprint density at radius 2 is 1.92 bits per heavy atom. The topological polar surface area (TPSA) is 107 Å². The van der Waals surface area contributed by atoms with Gasteiger partial charge in [-0.1, -0.05) is 12.1 Å².